The first-order valence-corrected chi connectivity index (χ1v) is 7.93. The van der Waals surface area contributed by atoms with E-state index in [0.29, 0.717) is 5.91 Å². The largest absolute Gasteiger partial charge is 0.343 e. The molecule has 0 radical (unpaired) electrons. The summed E-state index contributed by atoms with van der Waals surface area (Å²) in [6.07, 6.45) is 2.22. The molecule has 0 aromatic heterocycles. The summed E-state index contributed by atoms with van der Waals surface area (Å²) in [6, 6.07) is 0. The van der Waals surface area contributed by atoms with E-state index >= 15 is 0 Å². The average Bonchev–Trinajstić information content (AvgIpc) is 2.84. The Morgan fingerprint density at radius 2 is 2.17 bits per heavy atom. The molecule has 0 bridgehead atoms. The number of hydrogen-bond acceptors (Lipinski definition) is 4. The topological polar surface area (TPSA) is 35.6 Å². The molecule has 0 aromatic rings. The van der Waals surface area contributed by atoms with Gasteiger partial charge in [-0.05, 0) is 25.5 Å². The number of thioether (sulfide) groups is 1. The van der Waals surface area contributed by atoms with Gasteiger partial charge in [0.1, 0.15) is 0 Å². The second-order valence-corrected chi connectivity index (χ2v) is 7.10. The van der Waals surface area contributed by atoms with Gasteiger partial charge in [0, 0.05) is 46.3 Å². The van der Waals surface area contributed by atoms with Gasteiger partial charge < -0.3 is 10.2 Å². The molecule has 2 fully saturated rings. The third-order valence-electron chi connectivity index (χ3n) is 3.98. The van der Waals surface area contributed by atoms with Gasteiger partial charge in [-0.2, -0.15) is 0 Å². The summed E-state index contributed by atoms with van der Waals surface area (Å²) >= 11 is 1.83. The SMILES string of the molecule is CN(CCN1CCNCC1)C(=O)C1(C)CCCS1. The van der Waals surface area contributed by atoms with Crippen LogP contribution >= 0.6 is 11.8 Å². The Morgan fingerprint density at radius 1 is 1.44 bits per heavy atom. The highest BCUT2D eigenvalue weighted by Gasteiger charge is 2.38. The molecule has 2 aliphatic heterocycles. The summed E-state index contributed by atoms with van der Waals surface area (Å²) in [4.78, 5) is 16.8. The summed E-state index contributed by atoms with van der Waals surface area (Å²) < 4.78 is -0.155. The molecule has 0 spiro atoms. The van der Waals surface area contributed by atoms with Crippen LogP contribution in [0.25, 0.3) is 0 Å². The molecule has 0 saturated carbocycles. The minimum atomic E-state index is -0.155. The second-order valence-electron chi connectivity index (χ2n) is 5.50. The van der Waals surface area contributed by atoms with E-state index in [1.165, 1.54) is 6.42 Å². The number of nitrogens with zero attached hydrogens (tertiary/aromatic N) is 2. The Labute approximate surface area is 114 Å². The summed E-state index contributed by atoms with van der Waals surface area (Å²) in [7, 11) is 1.95. The fourth-order valence-corrected chi connectivity index (χ4v) is 3.99. The van der Waals surface area contributed by atoms with Gasteiger partial charge in [-0.15, -0.1) is 11.8 Å². The smallest absolute Gasteiger partial charge is 0.238 e. The standard InChI is InChI=1S/C13H25N3OS/c1-13(4-3-11-18-13)12(17)15(2)9-10-16-7-5-14-6-8-16/h14H,3-11H2,1-2H3. The lowest BCUT2D eigenvalue weighted by molar-refractivity contribution is -0.132. The summed E-state index contributed by atoms with van der Waals surface area (Å²) in [5.41, 5.74) is 0. The molecule has 2 aliphatic rings. The quantitative estimate of drug-likeness (QED) is 0.814. The predicted octanol–water partition coefficient (Wildman–Crippen LogP) is 0.636. The van der Waals surface area contributed by atoms with Crippen LogP contribution in [0.5, 0.6) is 0 Å². The minimum absolute atomic E-state index is 0.155. The molecule has 1 atom stereocenters. The van der Waals surface area contributed by atoms with E-state index < -0.39 is 0 Å². The van der Waals surface area contributed by atoms with Crippen molar-refractivity contribution in [1.29, 1.82) is 0 Å². The van der Waals surface area contributed by atoms with Gasteiger partial charge in [0.25, 0.3) is 0 Å². The molecule has 4 nitrogen and oxygen atoms in total. The van der Waals surface area contributed by atoms with Crippen LogP contribution in [-0.4, -0.2) is 72.5 Å². The van der Waals surface area contributed by atoms with Crippen LogP contribution in [0.1, 0.15) is 19.8 Å². The van der Waals surface area contributed by atoms with Crippen molar-refractivity contribution in [1.82, 2.24) is 15.1 Å². The van der Waals surface area contributed by atoms with Crippen LogP contribution in [-0.2, 0) is 4.79 Å². The Balaban J connectivity index is 1.76. The van der Waals surface area contributed by atoms with Crippen molar-refractivity contribution in [3.63, 3.8) is 0 Å². The van der Waals surface area contributed by atoms with Crippen molar-refractivity contribution in [3.05, 3.63) is 0 Å². The van der Waals surface area contributed by atoms with Gasteiger partial charge in [-0.1, -0.05) is 0 Å². The highest BCUT2D eigenvalue weighted by Crippen LogP contribution is 2.38. The lowest BCUT2D eigenvalue weighted by Crippen LogP contribution is -2.48. The number of piperazine rings is 1. The molecule has 1 amide bonds. The number of likely N-dealkylation sites (N-methyl/N-ethyl adjacent to an activating group) is 1. The minimum Gasteiger partial charge on any atom is -0.343 e. The van der Waals surface area contributed by atoms with Crippen LogP contribution in [0.4, 0.5) is 0 Å². The molecule has 2 saturated heterocycles. The summed E-state index contributed by atoms with van der Waals surface area (Å²) in [6.45, 7) is 8.33. The normalized spacial score (nSPS) is 29.4. The maximum atomic E-state index is 12.4. The molecule has 5 heteroatoms. The lowest BCUT2D eigenvalue weighted by atomic mass is 10.0. The zero-order chi connectivity index (χ0) is 13.0. The summed E-state index contributed by atoms with van der Waals surface area (Å²) in [5, 5.41) is 3.35. The van der Waals surface area contributed by atoms with Gasteiger partial charge >= 0.3 is 0 Å². The molecule has 0 aliphatic carbocycles. The van der Waals surface area contributed by atoms with Crippen LogP contribution in [0.15, 0.2) is 0 Å². The highest BCUT2D eigenvalue weighted by molar-refractivity contribution is 8.01. The molecule has 104 valence electrons. The third kappa shape index (κ3) is 3.39. The highest BCUT2D eigenvalue weighted by atomic mass is 32.2. The Kier molecular flexibility index (Phi) is 4.92. The van der Waals surface area contributed by atoms with Crippen molar-refractivity contribution in [2.45, 2.75) is 24.5 Å². The number of nitrogens with one attached hydrogen (secondary N) is 1. The number of rotatable bonds is 4. The lowest BCUT2D eigenvalue weighted by Gasteiger charge is -2.32. The van der Waals surface area contributed by atoms with E-state index in [1.54, 1.807) is 0 Å². The first kappa shape index (κ1) is 14.2. The molecular formula is C13H25N3OS. The van der Waals surface area contributed by atoms with E-state index in [0.717, 1.165) is 51.4 Å². The van der Waals surface area contributed by atoms with E-state index in [9.17, 15) is 4.79 Å². The predicted molar refractivity (Wildman–Crippen MR) is 77.0 cm³/mol. The Morgan fingerprint density at radius 3 is 2.78 bits per heavy atom. The molecule has 2 heterocycles. The van der Waals surface area contributed by atoms with Crippen molar-refractivity contribution < 1.29 is 4.79 Å². The van der Waals surface area contributed by atoms with Gasteiger partial charge in [-0.25, -0.2) is 0 Å². The van der Waals surface area contributed by atoms with Crippen molar-refractivity contribution in [2.24, 2.45) is 0 Å². The van der Waals surface area contributed by atoms with E-state index in [2.05, 4.69) is 17.1 Å². The third-order valence-corrected chi connectivity index (χ3v) is 5.49. The first-order chi connectivity index (χ1) is 8.62. The average molecular weight is 271 g/mol. The van der Waals surface area contributed by atoms with Crippen molar-refractivity contribution in [3.8, 4) is 0 Å². The second kappa shape index (κ2) is 6.26. The summed E-state index contributed by atoms with van der Waals surface area (Å²) in [5.74, 6) is 1.45. The molecule has 18 heavy (non-hydrogen) atoms. The van der Waals surface area contributed by atoms with Crippen LogP contribution in [0.3, 0.4) is 0 Å². The monoisotopic (exact) mass is 271 g/mol. The first-order valence-electron chi connectivity index (χ1n) is 6.94. The molecule has 1 unspecified atom stereocenters. The number of hydrogen-bond donors (Lipinski definition) is 1. The van der Waals surface area contributed by atoms with Gasteiger partial charge in [0.05, 0.1) is 4.75 Å². The number of carbonyl (C=O) groups is 1. The zero-order valence-corrected chi connectivity index (χ0v) is 12.4. The van der Waals surface area contributed by atoms with Crippen LogP contribution in [0, 0.1) is 0 Å². The molecular weight excluding hydrogens is 246 g/mol. The van der Waals surface area contributed by atoms with Gasteiger partial charge in [-0.3, -0.25) is 9.69 Å². The van der Waals surface area contributed by atoms with Gasteiger partial charge in [0.15, 0.2) is 0 Å². The number of carbonyl (C=O) groups excluding carboxylic acids is 1. The maximum absolute atomic E-state index is 12.4. The molecule has 2 rings (SSSR count). The Hall–Kier alpha value is -0.260. The maximum Gasteiger partial charge on any atom is 0.238 e. The van der Waals surface area contributed by atoms with Crippen molar-refractivity contribution >= 4 is 17.7 Å². The molecule has 0 aromatic carbocycles. The van der Waals surface area contributed by atoms with Crippen LogP contribution < -0.4 is 5.32 Å². The fourth-order valence-electron chi connectivity index (χ4n) is 2.68. The van der Waals surface area contributed by atoms with Crippen molar-refractivity contribution in [2.75, 3.05) is 52.1 Å². The van der Waals surface area contributed by atoms with E-state index in [-0.39, 0.29) is 4.75 Å². The Bertz CT molecular complexity index is 286. The number of amides is 1. The fraction of sp³-hybridized carbons (Fsp3) is 0.923. The van der Waals surface area contributed by atoms with E-state index in [1.807, 2.05) is 23.7 Å². The molecule has 1 N–H and O–H groups in total. The van der Waals surface area contributed by atoms with E-state index in [4.69, 9.17) is 0 Å². The zero-order valence-electron chi connectivity index (χ0n) is 11.6. The van der Waals surface area contributed by atoms with Crippen LogP contribution in [0.2, 0.25) is 0 Å². The van der Waals surface area contributed by atoms with Gasteiger partial charge in [0.2, 0.25) is 5.91 Å².